The molecule has 2 aromatic carbocycles. The molecule has 4 amide bonds. The van der Waals surface area contributed by atoms with Gasteiger partial charge in [0.15, 0.2) is 6.10 Å². The van der Waals surface area contributed by atoms with Crippen molar-refractivity contribution < 1.29 is 28.7 Å². The number of amides is 4. The van der Waals surface area contributed by atoms with Crippen molar-refractivity contribution in [2.75, 3.05) is 49.6 Å². The molecule has 1 N–H and O–H groups in total. The molecule has 0 aliphatic carbocycles. The molecule has 10 heteroatoms. The molecule has 2 atom stereocenters. The van der Waals surface area contributed by atoms with Crippen LogP contribution in [0.4, 0.5) is 11.4 Å². The molecule has 3 aliphatic rings. The molecule has 0 saturated carbocycles. The largest absolute Gasteiger partial charge is 0.479 e. The van der Waals surface area contributed by atoms with Crippen molar-refractivity contribution in [2.24, 2.45) is 0 Å². The van der Waals surface area contributed by atoms with Crippen LogP contribution in [0.2, 0.25) is 0 Å². The average molecular weight is 493 g/mol. The zero-order valence-corrected chi connectivity index (χ0v) is 20.2. The summed E-state index contributed by atoms with van der Waals surface area (Å²) < 4.78 is 11.2. The lowest BCUT2D eigenvalue weighted by Crippen LogP contribution is -2.49. The molecule has 3 aliphatic heterocycles. The molecule has 0 aromatic heterocycles. The summed E-state index contributed by atoms with van der Waals surface area (Å²) in [6, 6.07) is 10.6. The Labute approximate surface area is 208 Å². The molecule has 3 heterocycles. The van der Waals surface area contributed by atoms with Gasteiger partial charge in [-0.05, 0) is 44.2 Å². The highest BCUT2D eigenvalue weighted by Crippen LogP contribution is 2.36. The number of hydrogen-bond donors (Lipinski definition) is 1. The van der Waals surface area contributed by atoms with Gasteiger partial charge < -0.3 is 19.7 Å². The Morgan fingerprint density at radius 1 is 1.03 bits per heavy atom. The van der Waals surface area contributed by atoms with Gasteiger partial charge in [-0.25, -0.2) is 0 Å². The van der Waals surface area contributed by atoms with Gasteiger partial charge in [0.1, 0.15) is 11.8 Å². The van der Waals surface area contributed by atoms with E-state index in [9.17, 15) is 19.2 Å². The fourth-order valence-corrected chi connectivity index (χ4v) is 4.71. The first-order valence-electron chi connectivity index (χ1n) is 12.0. The minimum Gasteiger partial charge on any atom is -0.479 e. The molecular weight excluding hydrogens is 464 g/mol. The molecule has 5 rings (SSSR count). The van der Waals surface area contributed by atoms with E-state index in [-0.39, 0.29) is 17.0 Å². The first-order chi connectivity index (χ1) is 17.3. The van der Waals surface area contributed by atoms with Crippen molar-refractivity contribution in [1.82, 2.24) is 9.80 Å². The third-order valence-corrected chi connectivity index (χ3v) is 6.77. The smallest absolute Gasteiger partial charge is 0.267 e. The lowest BCUT2D eigenvalue weighted by Gasteiger charge is -2.35. The van der Waals surface area contributed by atoms with Crippen LogP contribution in [0.1, 0.15) is 34.6 Å². The van der Waals surface area contributed by atoms with Crippen LogP contribution in [-0.2, 0) is 14.3 Å². The van der Waals surface area contributed by atoms with Crippen molar-refractivity contribution in [3.63, 3.8) is 0 Å². The number of morpholine rings is 1. The van der Waals surface area contributed by atoms with E-state index in [1.54, 1.807) is 54.3 Å². The van der Waals surface area contributed by atoms with Gasteiger partial charge in [0.05, 0.1) is 30.0 Å². The SMILES string of the molecule is CC1Oc2ccc(NC(=O)C(C)N3C(=O)c4ccccc4C3=O)cc2N(CCN2CCOCC2)C1=O. The number of hydrogen-bond acceptors (Lipinski definition) is 7. The summed E-state index contributed by atoms with van der Waals surface area (Å²) in [6.07, 6.45) is -0.614. The summed E-state index contributed by atoms with van der Waals surface area (Å²) >= 11 is 0. The van der Waals surface area contributed by atoms with E-state index in [1.165, 1.54) is 6.92 Å². The Morgan fingerprint density at radius 3 is 2.36 bits per heavy atom. The van der Waals surface area contributed by atoms with Crippen molar-refractivity contribution in [3.05, 3.63) is 53.6 Å². The molecule has 2 aromatic rings. The van der Waals surface area contributed by atoms with Crippen LogP contribution in [0.5, 0.6) is 5.75 Å². The summed E-state index contributed by atoms with van der Waals surface area (Å²) in [7, 11) is 0. The maximum atomic E-state index is 13.1. The molecule has 10 nitrogen and oxygen atoms in total. The maximum Gasteiger partial charge on any atom is 0.267 e. The standard InChI is InChI=1S/C26H28N4O6/c1-16(30-25(33)19-5-3-4-6-20(19)26(30)34)23(31)27-18-7-8-22-21(15-18)29(24(32)17(2)36-22)10-9-28-11-13-35-14-12-28/h3-8,15-17H,9-14H2,1-2H3,(H,27,31). The zero-order chi connectivity index (χ0) is 25.4. The number of fused-ring (bicyclic) bond motifs is 2. The van der Waals surface area contributed by atoms with Gasteiger partial charge in [0.2, 0.25) is 5.91 Å². The molecular formula is C26H28N4O6. The van der Waals surface area contributed by atoms with Crippen molar-refractivity contribution in [3.8, 4) is 5.75 Å². The molecule has 188 valence electrons. The van der Waals surface area contributed by atoms with E-state index in [2.05, 4.69) is 10.2 Å². The molecule has 2 unspecified atom stereocenters. The summed E-state index contributed by atoms with van der Waals surface area (Å²) in [6.45, 7) is 7.36. The number of rotatable bonds is 6. The van der Waals surface area contributed by atoms with E-state index >= 15 is 0 Å². The van der Waals surface area contributed by atoms with Crippen LogP contribution in [0.3, 0.4) is 0 Å². The van der Waals surface area contributed by atoms with Gasteiger partial charge in [-0.2, -0.15) is 0 Å². The van der Waals surface area contributed by atoms with Crippen LogP contribution in [0, 0.1) is 0 Å². The molecule has 0 bridgehead atoms. The number of nitrogens with one attached hydrogen (secondary N) is 1. The number of benzene rings is 2. The third-order valence-electron chi connectivity index (χ3n) is 6.77. The van der Waals surface area contributed by atoms with E-state index in [0.29, 0.717) is 43.4 Å². The Balaban J connectivity index is 1.32. The normalized spacial score (nSPS) is 20.6. The van der Waals surface area contributed by atoms with Crippen LogP contribution in [0.15, 0.2) is 42.5 Å². The Kier molecular flexibility index (Phi) is 6.46. The van der Waals surface area contributed by atoms with Crippen molar-refractivity contribution >= 4 is 35.0 Å². The second-order valence-corrected chi connectivity index (χ2v) is 9.08. The number of ether oxygens (including phenoxy) is 2. The van der Waals surface area contributed by atoms with E-state index < -0.39 is 29.9 Å². The fourth-order valence-electron chi connectivity index (χ4n) is 4.71. The number of carbonyl (C=O) groups is 4. The Morgan fingerprint density at radius 2 is 1.69 bits per heavy atom. The first-order valence-corrected chi connectivity index (χ1v) is 12.0. The lowest BCUT2D eigenvalue weighted by atomic mass is 10.1. The number of nitrogens with zero attached hydrogens (tertiary/aromatic N) is 3. The predicted octanol–water partition coefficient (Wildman–Crippen LogP) is 1.76. The first kappa shape index (κ1) is 24.0. The Bertz CT molecular complexity index is 1190. The van der Waals surface area contributed by atoms with Crippen molar-refractivity contribution in [1.29, 1.82) is 0 Å². The number of imide groups is 1. The Hall–Kier alpha value is -3.76. The highest BCUT2D eigenvalue weighted by Gasteiger charge is 2.40. The second-order valence-electron chi connectivity index (χ2n) is 9.08. The van der Waals surface area contributed by atoms with Crippen molar-refractivity contribution in [2.45, 2.75) is 26.0 Å². The minimum atomic E-state index is -1.02. The van der Waals surface area contributed by atoms with Gasteiger partial charge >= 0.3 is 0 Å². The number of anilines is 2. The van der Waals surface area contributed by atoms with Gasteiger partial charge in [0.25, 0.3) is 17.7 Å². The molecule has 0 radical (unpaired) electrons. The van der Waals surface area contributed by atoms with E-state index in [1.807, 2.05) is 0 Å². The maximum absolute atomic E-state index is 13.1. The fraction of sp³-hybridized carbons (Fsp3) is 0.385. The van der Waals surface area contributed by atoms with E-state index in [0.717, 1.165) is 18.0 Å². The van der Waals surface area contributed by atoms with Crippen LogP contribution >= 0.6 is 0 Å². The van der Waals surface area contributed by atoms with Gasteiger partial charge in [0, 0.05) is 31.9 Å². The molecule has 1 saturated heterocycles. The average Bonchev–Trinajstić information content (AvgIpc) is 3.14. The quantitative estimate of drug-likeness (QED) is 0.612. The minimum absolute atomic E-state index is 0.154. The van der Waals surface area contributed by atoms with E-state index in [4.69, 9.17) is 9.47 Å². The molecule has 1 fully saturated rings. The topological polar surface area (TPSA) is 108 Å². The van der Waals surface area contributed by atoms with Crippen LogP contribution in [-0.4, -0.2) is 85.0 Å². The highest BCUT2D eigenvalue weighted by atomic mass is 16.5. The van der Waals surface area contributed by atoms with Crippen LogP contribution in [0.25, 0.3) is 0 Å². The third kappa shape index (κ3) is 4.33. The summed E-state index contributed by atoms with van der Waals surface area (Å²) in [5.74, 6) is -1.10. The highest BCUT2D eigenvalue weighted by molar-refractivity contribution is 6.23. The predicted molar refractivity (Wildman–Crippen MR) is 131 cm³/mol. The van der Waals surface area contributed by atoms with Crippen LogP contribution < -0.4 is 15.0 Å². The molecule has 0 spiro atoms. The second kappa shape index (κ2) is 9.71. The molecule has 36 heavy (non-hydrogen) atoms. The van der Waals surface area contributed by atoms with Gasteiger partial charge in [-0.15, -0.1) is 0 Å². The summed E-state index contributed by atoms with van der Waals surface area (Å²) in [5, 5.41) is 2.78. The van der Waals surface area contributed by atoms with Gasteiger partial charge in [-0.3, -0.25) is 29.0 Å². The zero-order valence-electron chi connectivity index (χ0n) is 20.2. The van der Waals surface area contributed by atoms with Gasteiger partial charge in [-0.1, -0.05) is 12.1 Å². The summed E-state index contributed by atoms with van der Waals surface area (Å²) in [4.78, 5) is 56.4. The monoisotopic (exact) mass is 492 g/mol. The summed E-state index contributed by atoms with van der Waals surface area (Å²) in [5.41, 5.74) is 1.58. The lowest BCUT2D eigenvalue weighted by molar-refractivity contribution is -0.125. The number of carbonyl (C=O) groups excluding carboxylic acids is 4.